The Morgan fingerprint density at radius 3 is 1.97 bits per heavy atom. The normalized spacial score (nSPS) is 10.8. The lowest BCUT2D eigenvalue weighted by Gasteiger charge is -2.04. The smallest absolute Gasteiger partial charge is 0.272 e. The highest BCUT2D eigenvalue weighted by molar-refractivity contribution is 5.81. The van der Waals surface area contributed by atoms with E-state index in [1.165, 1.54) is 6.07 Å². The number of hydrogen-bond donors (Lipinski definition) is 3. The maximum atomic E-state index is 11.1. The Balaban J connectivity index is 1.87. The van der Waals surface area contributed by atoms with Crippen LogP contribution in [-0.4, -0.2) is 25.1 Å². The van der Waals surface area contributed by atoms with Crippen LogP contribution in [0.4, 0.5) is 5.69 Å². The van der Waals surface area contributed by atoms with Gasteiger partial charge in [0.15, 0.2) is 0 Å². The summed E-state index contributed by atoms with van der Waals surface area (Å²) >= 11 is 0. The number of aromatic hydroxyl groups is 2. The van der Waals surface area contributed by atoms with Crippen LogP contribution in [0.2, 0.25) is 0 Å². The van der Waals surface area contributed by atoms with Gasteiger partial charge < -0.3 is 15.2 Å². The summed E-state index contributed by atoms with van der Waals surface area (Å²) in [7, 11) is 0. The summed E-state index contributed by atoms with van der Waals surface area (Å²) < 4.78 is 0. The predicted molar refractivity (Wildman–Crippen MR) is 110 cm³/mol. The highest BCUT2D eigenvalue weighted by Gasteiger charge is 2.17. The molecule has 3 aromatic carbocycles. The number of hydrogen-bond acceptors (Lipinski definition) is 5. The van der Waals surface area contributed by atoms with Crippen LogP contribution in [0, 0.1) is 17.0 Å². The minimum Gasteiger partial charge on any atom is -0.508 e. The number of phenolic OH excluding ortho intramolecular Hbond substituents is 2. The first-order valence-electron chi connectivity index (χ1n) is 8.86. The van der Waals surface area contributed by atoms with Gasteiger partial charge in [0.2, 0.25) is 0 Å². The zero-order valence-electron chi connectivity index (χ0n) is 15.5. The molecule has 1 aromatic heterocycles. The van der Waals surface area contributed by atoms with Crippen molar-refractivity contribution in [3.63, 3.8) is 0 Å². The minimum atomic E-state index is -0.412. The van der Waals surface area contributed by atoms with Crippen molar-refractivity contribution in [2.75, 3.05) is 0 Å². The van der Waals surface area contributed by atoms with E-state index in [2.05, 4.69) is 4.98 Å². The lowest BCUT2D eigenvalue weighted by atomic mass is 10.0. The molecular formula is C22H17N3O4. The van der Waals surface area contributed by atoms with E-state index < -0.39 is 4.92 Å². The Bertz CT molecular complexity index is 1130. The maximum absolute atomic E-state index is 11.1. The molecule has 3 N–H and O–H groups in total. The molecule has 0 fully saturated rings. The minimum absolute atomic E-state index is 0.0535. The Hall–Kier alpha value is -4.13. The van der Waals surface area contributed by atoms with Crippen molar-refractivity contribution >= 4 is 5.69 Å². The highest BCUT2D eigenvalue weighted by atomic mass is 16.6. The molecule has 1 heterocycles. The molecule has 0 radical (unpaired) electrons. The van der Waals surface area contributed by atoms with E-state index >= 15 is 0 Å². The number of H-pyrrole nitrogens is 1. The molecule has 0 spiro atoms. The number of rotatable bonds is 4. The number of aryl methyl sites for hydroxylation is 1. The SMILES string of the molecule is Cc1cc(-c2nc(-c3ccc(O)cc3)c(-c3ccc(O)cc3)[nH]2)ccc1[N+](=O)[O-]. The van der Waals surface area contributed by atoms with Crippen molar-refractivity contribution < 1.29 is 15.1 Å². The molecule has 4 aromatic rings. The predicted octanol–water partition coefficient (Wildman–Crippen LogP) is 5.04. The fourth-order valence-corrected chi connectivity index (χ4v) is 3.18. The van der Waals surface area contributed by atoms with E-state index in [1.807, 2.05) is 0 Å². The van der Waals surface area contributed by atoms with Gasteiger partial charge in [0.1, 0.15) is 17.3 Å². The maximum Gasteiger partial charge on any atom is 0.272 e. The molecular weight excluding hydrogens is 370 g/mol. The van der Waals surface area contributed by atoms with Gasteiger partial charge in [0, 0.05) is 28.3 Å². The molecule has 0 aliphatic rings. The quantitative estimate of drug-likeness (QED) is 0.335. The summed E-state index contributed by atoms with van der Waals surface area (Å²) in [4.78, 5) is 18.7. The molecule has 29 heavy (non-hydrogen) atoms. The molecule has 0 aliphatic carbocycles. The van der Waals surface area contributed by atoms with Crippen LogP contribution in [0.1, 0.15) is 5.56 Å². The number of imidazole rings is 1. The van der Waals surface area contributed by atoms with Crippen LogP contribution in [0.15, 0.2) is 66.7 Å². The molecule has 0 unspecified atom stereocenters. The van der Waals surface area contributed by atoms with Crippen LogP contribution in [0.5, 0.6) is 11.5 Å². The largest absolute Gasteiger partial charge is 0.508 e. The second-order valence-corrected chi connectivity index (χ2v) is 6.66. The van der Waals surface area contributed by atoms with Crippen LogP contribution in [0.3, 0.4) is 0 Å². The summed E-state index contributed by atoms with van der Waals surface area (Å²) in [5, 5.41) is 30.3. The van der Waals surface area contributed by atoms with E-state index in [0.29, 0.717) is 17.1 Å². The average Bonchev–Trinajstić information content (AvgIpc) is 3.14. The van der Waals surface area contributed by atoms with Crippen molar-refractivity contribution in [2.45, 2.75) is 6.92 Å². The van der Waals surface area contributed by atoms with Crippen molar-refractivity contribution in [1.29, 1.82) is 0 Å². The summed E-state index contributed by atoms with van der Waals surface area (Å²) in [6, 6.07) is 18.3. The number of aromatic amines is 1. The Morgan fingerprint density at radius 2 is 1.41 bits per heavy atom. The molecule has 7 heteroatoms. The average molecular weight is 387 g/mol. The molecule has 7 nitrogen and oxygen atoms in total. The molecule has 144 valence electrons. The van der Waals surface area contributed by atoms with Gasteiger partial charge in [-0.25, -0.2) is 4.98 Å². The van der Waals surface area contributed by atoms with Crippen LogP contribution < -0.4 is 0 Å². The first kappa shape index (κ1) is 18.2. The molecule has 0 saturated heterocycles. The lowest BCUT2D eigenvalue weighted by molar-refractivity contribution is -0.385. The second kappa shape index (κ2) is 7.12. The Kier molecular flexibility index (Phi) is 4.48. The highest BCUT2D eigenvalue weighted by Crippen LogP contribution is 2.35. The molecule has 0 atom stereocenters. The Labute approximate surface area is 166 Å². The van der Waals surface area contributed by atoms with Gasteiger partial charge in [-0.1, -0.05) is 0 Å². The summed E-state index contributed by atoms with van der Waals surface area (Å²) in [6.07, 6.45) is 0. The zero-order valence-corrected chi connectivity index (χ0v) is 15.5. The fraction of sp³-hybridized carbons (Fsp3) is 0.0455. The third-order valence-corrected chi connectivity index (χ3v) is 4.67. The number of nitrogens with one attached hydrogen (secondary N) is 1. The van der Waals surface area contributed by atoms with Gasteiger partial charge in [-0.05, 0) is 67.6 Å². The fourth-order valence-electron chi connectivity index (χ4n) is 3.18. The molecule has 0 saturated carbocycles. The van der Waals surface area contributed by atoms with Gasteiger partial charge in [-0.3, -0.25) is 10.1 Å². The monoisotopic (exact) mass is 387 g/mol. The third kappa shape index (κ3) is 3.53. The number of benzene rings is 3. The van der Waals surface area contributed by atoms with Gasteiger partial charge in [-0.2, -0.15) is 0 Å². The van der Waals surface area contributed by atoms with E-state index in [9.17, 15) is 20.3 Å². The van der Waals surface area contributed by atoms with Gasteiger partial charge in [-0.15, -0.1) is 0 Å². The van der Waals surface area contributed by atoms with Crippen molar-refractivity contribution in [2.24, 2.45) is 0 Å². The second-order valence-electron chi connectivity index (χ2n) is 6.66. The van der Waals surface area contributed by atoms with Crippen LogP contribution in [-0.2, 0) is 0 Å². The number of aromatic nitrogens is 2. The number of phenols is 2. The Morgan fingerprint density at radius 1 is 0.862 bits per heavy atom. The van der Waals surface area contributed by atoms with Gasteiger partial charge in [0.25, 0.3) is 5.69 Å². The lowest BCUT2D eigenvalue weighted by Crippen LogP contribution is -1.92. The van der Waals surface area contributed by atoms with Crippen LogP contribution >= 0.6 is 0 Å². The summed E-state index contributed by atoms with van der Waals surface area (Å²) in [6.45, 7) is 1.69. The van der Waals surface area contributed by atoms with E-state index in [0.717, 1.165) is 22.4 Å². The van der Waals surface area contributed by atoms with E-state index in [1.54, 1.807) is 67.6 Å². The third-order valence-electron chi connectivity index (χ3n) is 4.67. The number of nitro benzene ring substituents is 1. The van der Waals surface area contributed by atoms with Gasteiger partial charge >= 0.3 is 0 Å². The topological polar surface area (TPSA) is 112 Å². The van der Waals surface area contributed by atoms with Crippen molar-refractivity contribution in [3.8, 4) is 45.4 Å². The number of nitro groups is 1. The van der Waals surface area contributed by atoms with E-state index in [4.69, 9.17) is 4.98 Å². The standard InChI is InChI=1S/C22H17N3O4/c1-13-12-16(6-11-19(13)25(28)29)22-23-20(14-2-7-17(26)8-3-14)21(24-22)15-4-9-18(27)10-5-15/h2-12,26-27H,1H3,(H,23,24). The van der Waals surface area contributed by atoms with Crippen LogP contribution in [0.25, 0.3) is 33.9 Å². The van der Waals surface area contributed by atoms with Crippen molar-refractivity contribution in [1.82, 2.24) is 9.97 Å². The van der Waals surface area contributed by atoms with Crippen molar-refractivity contribution in [3.05, 3.63) is 82.4 Å². The summed E-state index contributed by atoms with van der Waals surface area (Å²) in [5.74, 6) is 0.876. The first-order chi connectivity index (χ1) is 13.9. The molecule has 0 aliphatic heterocycles. The first-order valence-corrected chi connectivity index (χ1v) is 8.86. The molecule has 4 rings (SSSR count). The van der Waals surface area contributed by atoms with Gasteiger partial charge in [0.05, 0.1) is 16.3 Å². The molecule has 0 amide bonds. The summed E-state index contributed by atoms with van der Waals surface area (Å²) in [5.41, 5.74) is 4.34. The zero-order chi connectivity index (χ0) is 20.5. The number of nitrogens with zero attached hydrogens (tertiary/aromatic N) is 2. The molecule has 0 bridgehead atoms. The van der Waals surface area contributed by atoms with E-state index in [-0.39, 0.29) is 17.2 Å².